The van der Waals surface area contributed by atoms with E-state index in [1.54, 1.807) is 0 Å². The van der Waals surface area contributed by atoms with Crippen LogP contribution in [0.2, 0.25) is 0 Å². The fourth-order valence-corrected chi connectivity index (χ4v) is 5.74. The molecule has 1 aliphatic heterocycles. The molecule has 0 spiro atoms. The molecular formula is C29H47NO3. The molecular weight excluding hydrogens is 410 g/mol. The lowest BCUT2D eigenvalue weighted by Gasteiger charge is -2.21. The van der Waals surface area contributed by atoms with Gasteiger partial charge in [-0.1, -0.05) is 70.4 Å². The molecule has 0 radical (unpaired) electrons. The third-order valence-electron chi connectivity index (χ3n) is 7.40. The highest BCUT2D eigenvalue weighted by Gasteiger charge is 2.48. The molecule has 5 atom stereocenters. The number of nitrogens with zero attached hydrogens (tertiary/aromatic N) is 1. The van der Waals surface area contributed by atoms with Crippen LogP contribution in [0.1, 0.15) is 95.6 Å². The summed E-state index contributed by atoms with van der Waals surface area (Å²) in [5.41, 5.74) is 2.57. The zero-order valence-corrected chi connectivity index (χ0v) is 21.2. The van der Waals surface area contributed by atoms with E-state index in [-0.39, 0.29) is 17.9 Å². The van der Waals surface area contributed by atoms with Crippen LogP contribution in [0.3, 0.4) is 0 Å². The van der Waals surface area contributed by atoms with Crippen LogP contribution < -0.4 is 4.74 Å². The minimum Gasteiger partial charge on any atom is -0.489 e. The van der Waals surface area contributed by atoms with Gasteiger partial charge in [-0.3, -0.25) is 0 Å². The van der Waals surface area contributed by atoms with Crippen molar-refractivity contribution in [1.29, 1.82) is 0 Å². The maximum Gasteiger partial charge on any atom is 0.126 e. The van der Waals surface area contributed by atoms with Gasteiger partial charge in [0.15, 0.2) is 0 Å². The first-order chi connectivity index (χ1) is 16.1. The van der Waals surface area contributed by atoms with Gasteiger partial charge in [0.1, 0.15) is 11.9 Å². The van der Waals surface area contributed by atoms with E-state index in [1.807, 2.05) is 6.08 Å². The summed E-state index contributed by atoms with van der Waals surface area (Å²) in [5.74, 6) is 1.28. The van der Waals surface area contributed by atoms with Crippen LogP contribution in [0.25, 0.3) is 0 Å². The molecule has 1 aromatic carbocycles. The molecule has 33 heavy (non-hydrogen) atoms. The molecule has 1 aromatic rings. The molecule has 1 heterocycles. The summed E-state index contributed by atoms with van der Waals surface area (Å²) in [6.45, 7) is 10.3. The number of para-hydroxylation sites is 1. The minimum atomic E-state index is -0.420. The molecule has 1 aliphatic carbocycles. The highest BCUT2D eigenvalue weighted by molar-refractivity contribution is 5.49. The van der Waals surface area contributed by atoms with E-state index in [0.29, 0.717) is 6.42 Å². The van der Waals surface area contributed by atoms with Crippen molar-refractivity contribution in [3.05, 3.63) is 41.5 Å². The molecule has 0 unspecified atom stereocenters. The highest BCUT2D eigenvalue weighted by atomic mass is 16.5. The molecule has 2 N–H and O–H groups in total. The van der Waals surface area contributed by atoms with Crippen LogP contribution in [0, 0.1) is 5.92 Å². The second kappa shape index (κ2) is 13.5. The molecule has 1 fully saturated rings. The van der Waals surface area contributed by atoms with Gasteiger partial charge >= 0.3 is 0 Å². The van der Waals surface area contributed by atoms with E-state index in [1.165, 1.54) is 56.4 Å². The maximum absolute atomic E-state index is 10.7. The number of hydrogen-bond donors (Lipinski definition) is 2. The predicted octanol–water partition coefficient (Wildman–Crippen LogP) is 5.85. The van der Waals surface area contributed by atoms with Crippen molar-refractivity contribution >= 4 is 0 Å². The predicted molar refractivity (Wildman–Crippen MR) is 137 cm³/mol. The van der Waals surface area contributed by atoms with Crippen molar-refractivity contribution in [1.82, 2.24) is 4.90 Å². The van der Waals surface area contributed by atoms with Gasteiger partial charge in [-0.15, -0.1) is 0 Å². The monoisotopic (exact) mass is 457 g/mol. The lowest BCUT2D eigenvalue weighted by Crippen LogP contribution is -2.26. The van der Waals surface area contributed by atoms with Gasteiger partial charge in [0.05, 0.1) is 12.2 Å². The minimum absolute atomic E-state index is 0.0176. The molecule has 0 bridgehead atoms. The number of fused-ring (bicyclic) bond motifs is 3. The quantitative estimate of drug-likeness (QED) is 0.256. The Labute approximate surface area is 202 Å². The van der Waals surface area contributed by atoms with E-state index < -0.39 is 12.2 Å². The van der Waals surface area contributed by atoms with E-state index in [9.17, 15) is 10.2 Å². The van der Waals surface area contributed by atoms with Crippen LogP contribution in [0.5, 0.6) is 5.75 Å². The average Bonchev–Trinajstić information content (AvgIpc) is 3.30. The first-order valence-electron chi connectivity index (χ1n) is 13.6. The molecule has 3 rings (SSSR count). The van der Waals surface area contributed by atoms with Crippen molar-refractivity contribution < 1.29 is 14.9 Å². The van der Waals surface area contributed by atoms with Crippen molar-refractivity contribution in [3.63, 3.8) is 0 Å². The Morgan fingerprint density at radius 1 is 1.03 bits per heavy atom. The first kappa shape index (κ1) is 26.2. The first-order valence-corrected chi connectivity index (χ1v) is 13.6. The number of aliphatic hydroxyl groups excluding tert-OH is 2. The molecule has 1 saturated carbocycles. The summed E-state index contributed by atoms with van der Waals surface area (Å²) in [6.07, 6.45) is 13.9. The van der Waals surface area contributed by atoms with Gasteiger partial charge in [-0.05, 0) is 63.7 Å². The number of hydrogen-bond acceptors (Lipinski definition) is 4. The number of benzene rings is 1. The van der Waals surface area contributed by atoms with E-state index in [0.717, 1.165) is 37.9 Å². The Kier molecular flexibility index (Phi) is 10.7. The van der Waals surface area contributed by atoms with Crippen molar-refractivity contribution in [2.45, 2.75) is 109 Å². The topological polar surface area (TPSA) is 52.9 Å². The Bertz CT molecular complexity index is 728. The summed E-state index contributed by atoms with van der Waals surface area (Å²) in [6, 6.07) is 6.56. The molecule has 0 amide bonds. The summed E-state index contributed by atoms with van der Waals surface area (Å²) in [5, 5.41) is 21.0. The fourth-order valence-electron chi connectivity index (χ4n) is 5.74. The fraction of sp³-hybridized carbons (Fsp3) is 0.724. The lowest BCUT2D eigenvalue weighted by molar-refractivity contribution is 0.135. The molecule has 0 aromatic heterocycles. The van der Waals surface area contributed by atoms with Crippen molar-refractivity contribution in [2.24, 2.45) is 5.92 Å². The van der Waals surface area contributed by atoms with Gasteiger partial charge in [0, 0.05) is 23.8 Å². The normalized spacial score (nSPS) is 24.9. The Morgan fingerprint density at radius 2 is 1.82 bits per heavy atom. The Balaban J connectivity index is 1.59. The van der Waals surface area contributed by atoms with Gasteiger partial charge < -0.3 is 19.8 Å². The van der Waals surface area contributed by atoms with E-state index >= 15 is 0 Å². The van der Waals surface area contributed by atoms with Gasteiger partial charge in [-0.2, -0.15) is 0 Å². The van der Waals surface area contributed by atoms with Gasteiger partial charge in [0.25, 0.3) is 0 Å². The van der Waals surface area contributed by atoms with Crippen molar-refractivity contribution in [3.8, 4) is 5.75 Å². The van der Waals surface area contributed by atoms with Crippen LogP contribution in [-0.2, 0) is 6.42 Å². The maximum atomic E-state index is 10.7. The van der Waals surface area contributed by atoms with E-state index in [4.69, 9.17) is 4.74 Å². The molecule has 4 heteroatoms. The SMILES string of the molecule is CCCCC[C@H](O)/C=C/[C@@H]1[C@H]2c3cccc(CCCCN(CCC)CCC)c3O[C@H]2C[C@H]1O. The largest absolute Gasteiger partial charge is 0.489 e. The third kappa shape index (κ3) is 7.07. The van der Waals surface area contributed by atoms with Crippen molar-refractivity contribution in [2.75, 3.05) is 19.6 Å². The average molecular weight is 458 g/mol. The van der Waals surface area contributed by atoms with E-state index in [2.05, 4.69) is 49.9 Å². The summed E-state index contributed by atoms with van der Waals surface area (Å²) < 4.78 is 6.44. The van der Waals surface area contributed by atoms with Crippen LogP contribution >= 0.6 is 0 Å². The third-order valence-corrected chi connectivity index (χ3v) is 7.40. The molecule has 186 valence electrons. The number of ether oxygens (including phenoxy) is 1. The Hall–Kier alpha value is -1.36. The zero-order chi connectivity index (χ0) is 23.6. The van der Waals surface area contributed by atoms with Gasteiger partial charge in [0.2, 0.25) is 0 Å². The van der Waals surface area contributed by atoms with Crippen LogP contribution in [0.15, 0.2) is 30.4 Å². The summed E-state index contributed by atoms with van der Waals surface area (Å²) >= 11 is 0. The molecule has 4 nitrogen and oxygen atoms in total. The van der Waals surface area contributed by atoms with Gasteiger partial charge in [-0.25, -0.2) is 0 Å². The number of unbranched alkanes of at least 4 members (excludes halogenated alkanes) is 3. The smallest absolute Gasteiger partial charge is 0.126 e. The molecule has 2 aliphatic rings. The number of aryl methyl sites for hydroxylation is 1. The standard InChI is InChI=1S/C29H47NO3/c1-4-7-8-14-23(31)16-17-24-26(32)21-27-28(24)25-15-11-13-22(29(25)33-27)12-9-10-20-30(18-5-2)19-6-3/h11,13,15-17,23-24,26-28,31-32H,4-10,12,14,18-21H2,1-3H3/b17-16+/t23-,24-,26+,27-,28-/m0/s1. The number of rotatable bonds is 15. The number of aliphatic hydroxyl groups is 2. The van der Waals surface area contributed by atoms with Crippen LogP contribution in [0.4, 0.5) is 0 Å². The summed E-state index contributed by atoms with van der Waals surface area (Å²) in [4.78, 5) is 2.59. The summed E-state index contributed by atoms with van der Waals surface area (Å²) in [7, 11) is 0. The lowest BCUT2D eigenvalue weighted by atomic mass is 9.86. The second-order valence-electron chi connectivity index (χ2n) is 10.1. The zero-order valence-electron chi connectivity index (χ0n) is 21.2. The Morgan fingerprint density at radius 3 is 2.55 bits per heavy atom. The molecule has 0 saturated heterocycles. The highest BCUT2D eigenvalue weighted by Crippen LogP contribution is 2.52. The van der Waals surface area contributed by atoms with Crippen LogP contribution in [-0.4, -0.2) is 53.1 Å². The second-order valence-corrected chi connectivity index (χ2v) is 10.1.